The molecule has 182 valence electrons. The molecule has 2 aliphatic rings. The zero-order valence-electron chi connectivity index (χ0n) is 20.2. The molecule has 0 radical (unpaired) electrons. The van der Waals surface area contributed by atoms with Gasteiger partial charge in [0.1, 0.15) is 0 Å². The standard InChI is InChI=1S/C29H28ClN5O/c1-20-26(28(36)34-17-15-33(16-18-34)19-21-9-3-2-4-10-21)27(22-11-5-6-12-23(22)30)35-25-14-8-7-13-24(25)32-29(35)31-20/h2-14,27H,15-19H2,1H3,(H,31,32)/t27-/m0/s1. The number of fused-ring (bicyclic) bond motifs is 3. The van der Waals surface area contributed by atoms with Crippen LogP contribution in [0.4, 0.5) is 5.95 Å². The summed E-state index contributed by atoms with van der Waals surface area (Å²) in [6, 6.07) is 25.9. The Bertz CT molecular complexity index is 1450. The van der Waals surface area contributed by atoms with Crippen LogP contribution in [0.15, 0.2) is 90.1 Å². The molecule has 3 heterocycles. The maximum atomic E-state index is 14.1. The van der Waals surface area contributed by atoms with Crippen molar-refractivity contribution in [1.82, 2.24) is 19.4 Å². The van der Waals surface area contributed by atoms with Crippen LogP contribution in [-0.4, -0.2) is 51.4 Å². The fraction of sp³-hybridized carbons (Fsp3) is 0.241. The summed E-state index contributed by atoms with van der Waals surface area (Å²) >= 11 is 6.73. The van der Waals surface area contributed by atoms with Crippen molar-refractivity contribution in [3.8, 4) is 0 Å². The summed E-state index contributed by atoms with van der Waals surface area (Å²) in [5.74, 6) is 0.774. The Hall–Kier alpha value is -3.61. The highest BCUT2D eigenvalue weighted by Gasteiger charge is 2.37. The number of nitrogens with zero attached hydrogens (tertiary/aromatic N) is 4. The molecule has 0 bridgehead atoms. The molecule has 3 aromatic carbocycles. The van der Waals surface area contributed by atoms with Crippen molar-refractivity contribution in [1.29, 1.82) is 0 Å². The fourth-order valence-electron chi connectivity index (χ4n) is 5.35. The van der Waals surface area contributed by atoms with E-state index in [0.717, 1.165) is 53.4 Å². The Labute approximate surface area is 215 Å². The molecular formula is C29H28ClN5O. The molecule has 1 saturated heterocycles. The number of rotatable bonds is 4. The van der Waals surface area contributed by atoms with Crippen molar-refractivity contribution in [2.45, 2.75) is 19.5 Å². The lowest BCUT2D eigenvalue weighted by molar-refractivity contribution is -0.129. The van der Waals surface area contributed by atoms with E-state index in [1.165, 1.54) is 5.56 Å². The van der Waals surface area contributed by atoms with Crippen LogP contribution in [-0.2, 0) is 11.3 Å². The van der Waals surface area contributed by atoms with Crippen molar-refractivity contribution < 1.29 is 4.79 Å². The second-order valence-corrected chi connectivity index (χ2v) is 9.84. The van der Waals surface area contributed by atoms with Crippen LogP contribution in [0.25, 0.3) is 11.0 Å². The lowest BCUT2D eigenvalue weighted by atomic mass is 9.93. The summed E-state index contributed by atoms with van der Waals surface area (Å²) in [5.41, 5.74) is 5.58. The first kappa shape index (κ1) is 22.8. The van der Waals surface area contributed by atoms with Gasteiger partial charge in [0.15, 0.2) is 0 Å². The van der Waals surface area contributed by atoms with Crippen LogP contribution in [0.2, 0.25) is 5.02 Å². The van der Waals surface area contributed by atoms with Crippen molar-refractivity contribution in [2.75, 3.05) is 31.5 Å². The molecule has 1 aromatic heterocycles. The van der Waals surface area contributed by atoms with Crippen LogP contribution in [0.5, 0.6) is 0 Å². The smallest absolute Gasteiger partial charge is 0.254 e. The minimum Gasteiger partial charge on any atom is -0.336 e. The van der Waals surface area contributed by atoms with Crippen molar-refractivity contribution in [3.05, 3.63) is 106 Å². The van der Waals surface area contributed by atoms with E-state index in [2.05, 4.69) is 39.0 Å². The maximum absolute atomic E-state index is 14.1. The third-order valence-electron chi connectivity index (χ3n) is 7.17. The van der Waals surface area contributed by atoms with E-state index in [4.69, 9.17) is 16.6 Å². The number of para-hydroxylation sites is 2. The lowest BCUT2D eigenvalue weighted by Crippen LogP contribution is -2.49. The zero-order valence-corrected chi connectivity index (χ0v) is 20.9. The second kappa shape index (κ2) is 9.45. The molecule has 6 rings (SSSR count). The van der Waals surface area contributed by atoms with Gasteiger partial charge in [-0.2, -0.15) is 0 Å². The van der Waals surface area contributed by atoms with Gasteiger partial charge in [-0.3, -0.25) is 14.3 Å². The SMILES string of the molecule is CC1=C(C(=O)N2CCN(Cc3ccccc3)CC2)[C@H](c2ccccc2Cl)n2c(nc3ccccc32)N1. The number of anilines is 1. The molecule has 2 aliphatic heterocycles. The molecule has 0 aliphatic carbocycles. The average molecular weight is 498 g/mol. The van der Waals surface area contributed by atoms with Gasteiger partial charge < -0.3 is 10.2 Å². The molecule has 1 atom stereocenters. The number of imidazole rings is 1. The molecular weight excluding hydrogens is 470 g/mol. The molecule has 36 heavy (non-hydrogen) atoms. The van der Waals surface area contributed by atoms with Gasteiger partial charge in [0.25, 0.3) is 5.91 Å². The molecule has 1 N–H and O–H groups in total. The summed E-state index contributed by atoms with van der Waals surface area (Å²) in [5, 5.41) is 4.05. The minimum absolute atomic E-state index is 0.0488. The number of hydrogen-bond donors (Lipinski definition) is 1. The summed E-state index contributed by atoms with van der Waals surface area (Å²) in [6.45, 7) is 5.93. The summed E-state index contributed by atoms with van der Waals surface area (Å²) < 4.78 is 2.11. The highest BCUT2D eigenvalue weighted by molar-refractivity contribution is 6.31. The third kappa shape index (κ3) is 4.06. The highest BCUT2D eigenvalue weighted by Crippen LogP contribution is 2.41. The number of benzene rings is 3. The fourth-order valence-corrected chi connectivity index (χ4v) is 5.59. The third-order valence-corrected chi connectivity index (χ3v) is 7.51. The Morgan fingerprint density at radius 1 is 0.944 bits per heavy atom. The van der Waals surface area contributed by atoms with E-state index in [1.807, 2.05) is 66.4 Å². The van der Waals surface area contributed by atoms with E-state index in [-0.39, 0.29) is 11.9 Å². The minimum atomic E-state index is -0.364. The number of halogens is 1. The predicted molar refractivity (Wildman–Crippen MR) is 144 cm³/mol. The Kier molecular flexibility index (Phi) is 5.99. The number of allylic oxidation sites excluding steroid dienone is 1. The number of carbonyl (C=O) groups is 1. The van der Waals surface area contributed by atoms with Crippen LogP contribution in [0, 0.1) is 0 Å². The number of nitrogens with one attached hydrogen (secondary N) is 1. The highest BCUT2D eigenvalue weighted by atomic mass is 35.5. The molecule has 4 aromatic rings. The first-order valence-corrected chi connectivity index (χ1v) is 12.7. The van der Waals surface area contributed by atoms with Gasteiger partial charge in [-0.25, -0.2) is 4.98 Å². The predicted octanol–water partition coefficient (Wildman–Crippen LogP) is 5.32. The van der Waals surface area contributed by atoms with Crippen LogP contribution in [0.3, 0.4) is 0 Å². The number of hydrogen-bond acceptors (Lipinski definition) is 4. The van der Waals surface area contributed by atoms with Gasteiger partial charge in [0.2, 0.25) is 5.95 Å². The average Bonchev–Trinajstić information content (AvgIpc) is 3.27. The first-order valence-electron chi connectivity index (χ1n) is 12.3. The molecule has 6 nitrogen and oxygen atoms in total. The van der Waals surface area contributed by atoms with Crippen molar-refractivity contribution in [2.24, 2.45) is 0 Å². The quantitative estimate of drug-likeness (QED) is 0.414. The molecule has 0 unspecified atom stereocenters. The van der Waals surface area contributed by atoms with E-state index >= 15 is 0 Å². The number of piperazine rings is 1. The van der Waals surface area contributed by atoms with Crippen LogP contribution >= 0.6 is 11.6 Å². The number of aromatic nitrogens is 2. The van der Waals surface area contributed by atoms with Gasteiger partial charge in [-0.15, -0.1) is 0 Å². The van der Waals surface area contributed by atoms with E-state index in [1.54, 1.807) is 0 Å². The maximum Gasteiger partial charge on any atom is 0.254 e. The molecule has 1 fully saturated rings. The Morgan fingerprint density at radius 3 is 2.42 bits per heavy atom. The number of amides is 1. The zero-order chi connectivity index (χ0) is 24.6. The van der Waals surface area contributed by atoms with E-state index in [9.17, 15) is 4.79 Å². The number of carbonyl (C=O) groups excluding carboxylic acids is 1. The van der Waals surface area contributed by atoms with E-state index < -0.39 is 0 Å². The van der Waals surface area contributed by atoms with E-state index in [0.29, 0.717) is 18.1 Å². The largest absolute Gasteiger partial charge is 0.336 e. The normalized spacial score (nSPS) is 18.3. The summed E-state index contributed by atoms with van der Waals surface area (Å²) in [4.78, 5) is 23.3. The van der Waals surface area contributed by atoms with Crippen molar-refractivity contribution >= 4 is 34.5 Å². The summed E-state index contributed by atoms with van der Waals surface area (Å²) in [7, 11) is 0. The Balaban J connectivity index is 1.33. The van der Waals surface area contributed by atoms with Crippen LogP contribution in [0.1, 0.15) is 24.1 Å². The van der Waals surface area contributed by atoms with Gasteiger partial charge in [-0.05, 0) is 36.2 Å². The molecule has 7 heteroatoms. The Morgan fingerprint density at radius 2 is 1.64 bits per heavy atom. The monoisotopic (exact) mass is 497 g/mol. The van der Waals surface area contributed by atoms with Gasteiger partial charge in [0.05, 0.1) is 22.6 Å². The molecule has 0 spiro atoms. The van der Waals surface area contributed by atoms with Gasteiger partial charge >= 0.3 is 0 Å². The molecule has 0 saturated carbocycles. The molecule has 1 amide bonds. The lowest BCUT2D eigenvalue weighted by Gasteiger charge is -2.38. The van der Waals surface area contributed by atoms with Gasteiger partial charge in [-0.1, -0.05) is 72.3 Å². The van der Waals surface area contributed by atoms with Crippen molar-refractivity contribution in [3.63, 3.8) is 0 Å². The second-order valence-electron chi connectivity index (χ2n) is 9.44. The first-order chi connectivity index (χ1) is 17.6. The van der Waals surface area contributed by atoms with Gasteiger partial charge in [0, 0.05) is 43.4 Å². The topological polar surface area (TPSA) is 53.4 Å². The summed E-state index contributed by atoms with van der Waals surface area (Å²) in [6.07, 6.45) is 0. The van der Waals surface area contributed by atoms with Crippen LogP contribution < -0.4 is 5.32 Å².